The number of hydrogen-bond acceptors (Lipinski definition) is 2. The van der Waals surface area contributed by atoms with Crippen molar-refractivity contribution >= 4 is 0 Å². The van der Waals surface area contributed by atoms with Crippen molar-refractivity contribution in [2.75, 3.05) is 20.1 Å². The zero-order valence-corrected chi connectivity index (χ0v) is 10.2. The Kier molecular flexibility index (Phi) is 10.9. The minimum atomic E-state index is 0.607. The van der Waals surface area contributed by atoms with Crippen molar-refractivity contribution in [1.82, 2.24) is 10.6 Å². The molecule has 0 radical (unpaired) electrons. The van der Waals surface area contributed by atoms with E-state index in [9.17, 15) is 0 Å². The molecular formula is C12H28N2. The van der Waals surface area contributed by atoms with E-state index in [0.29, 0.717) is 6.04 Å². The molecule has 0 aliphatic heterocycles. The molecule has 0 rings (SSSR count). The molecule has 2 nitrogen and oxygen atoms in total. The first-order valence-electron chi connectivity index (χ1n) is 6.19. The van der Waals surface area contributed by atoms with Crippen LogP contribution in [-0.4, -0.2) is 26.2 Å². The molecule has 0 aromatic carbocycles. The molecule has 0 aromatic rings. The van der Waals surface area contributed by atoms with Crippen LogP contribution in [-0.2, 0) is 0 Å². The van der Waals surface area contributed by atoms with Crippen molar-refractivity contribution in [2.45, 2.75) is 58.4 Å². The van der Waals surface area contributed by atoms with E-state index in [-0.39, 0.29) is 0 Å². The van der Waals surface area contributed by atoms with Gasteiger partial charge >= 0.3 is 0 Å². The molecule has 0 saturated carbocycles. The van der Waals surface area contributed by atoms with Gasteiger partial charge in [-0.05, 0) is 26.9 Å². The Morgan fingerprint density at radius 2 is 1.64 bits per heavy atom. The lowest BCUT2D eigenvalue weighted by Gasteiger charge is -2.12. The first-order chi connectivity index (χ1) is 6.81. The summed E-state index contributed by atoms with van der Waals surface area (Å²) in [6.07, 6.45) is 8.30. The first kappa shape index (κ1) is 13.9. The lowest BCUT2D eigenvalue weighted by Crippen LogP contribution is -2.35. The Bertz CT molecular complexity index is 104. The van der Waals surface area contributed by atoms with E-state index in [1.165, 1.54) is 45.1 Å². The van der Waals surface area contributed by atoms with Crippen molar-refractivity contribution in [3.05, 3.63) is 0 Å². The van der Waals surface area contributed by atoms with Gasteiger partial charge in [-0.15, -0.1) is 0 Å². The van der Waals surface area contributed by atoms with Gasteiger partial charge in [-0.1, -0.05) is 39.0 Å². The summed E-state index contributed by atoms with van der Waals surface area (Å²) in [5.74, 6) is 0. The van der Waals surface area contributed by atoms with Crippen molar-refractivity contribution in [2.24, 2.45) is 0 Å². The van der Waals surface area contributed by atoms with Crippen LogP contribution in [0.3, 0.4) is 0 Å². The molecule has 2 N–H and O–H groups in total. The molecule has 0 spiro atoms. The Morgan fingerprint density at radius 1 is 1.00 bits per heavy atom. The van der Waals surface area contributed by atoms with E-state index in [4.69, 9.17) is 0 Å². The van der Waals surface area contributed by atoms with Gasteiger partial charge in [0.05, 0.1) is 0 Å². The molecule has 0 heterocycles. The quantitative estimate of drug-likeness (QED) is 0.530. The number of nitrogens with one attached hydrogen (secondary N) is 2. The molecule has 14 heavy (non-hydrogen) atoms. The average Bonchev–Trinajstić information content (AvgIpc) is 2.17. The molecule has 0 saturated heterocycles. The van der Waals surface area contributed by atoms with Crippen LogP contribution in [0.2, 0.25) is 0 Å². The van der Waals surface area contributed by atoms with Gasteiger partial charge in [-0.25, -0.2) is 0 Å². The van der Waals surface area contributed by atoms with Gasteiger partial charge < -0.3 is 10.6 Å². The van der Waals surface area contributed by atoms with Crippen LogP contribution in [0.25, 0.3) is 0 Å². The Balaban J connectivity index is 2.98. The third-order valence-electron chi connectivity index (χ3n) is 2.53. The third-order valence-corrected chi connectivity index (χ3v) is 2.53. The molecule has 0 aromatic heterocycles. The molecule has 0 aliphatic rings. The zero-order valence-electron chi connectivity index (χ0n) is 10.2. The molecule has 86 valence electrons. The summed E-state index contributed by atoms with van der Waals surface area (Å²) >= 11 is 0. The molecule has 0 fully saturated rings. The van der Waals surface area contributed by atoms with Gasteiger partial charge in [0.25, 0.3) is 0 Å². The van der Waals surface area contributed by atoms with Crippen LogP contribution >= 0.6 is 0 Å². The number of likely N-dealkylation sites (N-methyl/N-ethyl adjacent to an activating group) is 1. The summed E-state index contributed by atoms with van der Waals surface area (Å²) in [5, 5.41) is 6.69. The van der Waals surface area contributed by atoms with Crippen LogP contribution in [0, 0.1) is 0 Å². The Morgan fingerprint density at radius 3 is 2.29 bits per heavy atom. The Labute approximate surface area is 89.9 Å². The summed E-state index contributed by atoms with van der Waals surface area (Å²) in [6, 6.07) is 0.607. The minimum Gasteiger partial charge on any atom is -0.318 e. The second kappa shape index (κ2) is 11.0. The van der Waals surface area contributed by atoms with E-state index < -0.39 is 0 Å². The van der Waals surface area contributed by atoms with Gasteiger partial charge in [0.1, 0.15) is 0 Å². The molecule has 1 unspecified atom stereocenters. The van der Waals surface area contributed by atoms with Crippen LogP contribution in [0.15, 0.2) is 0 Å². The van der Waals surface area contributed by atoms with Gasteiger partial charge in [0.2, 0.25) is 0 Å². The lowest BCUT2D eigenvalue weighted by atomic mass is 10.1. The monoisotopic (exact) mass is 200 g/mol. The highest BCUT2D eigenvalue weighted by Crippen LogP contribution is 2.04. The standard InChI is InChI=1S/C12H28N2/c1-4-5-6-7-8-9-10-14-12(2)11-13-3/h12-14H,4-11H2,1-3H3. The van der Waals surface area contributed by atoms with Crippen molar-refractivity contribution in [3.63, 3.8) is 0 Å². The van der Waals surface area contributed by atoms with Crippen LogP contribution in [0.4, 0.5) is 0 Å². The molecule has 2 heteroatoms. The second-order valence-electron chi connectivity index (χ2n) is 4.18. The van der Waals surface area contributed by atoms with Gasteiger partial charge in [0.15, 0.2) is 0 Å². The fraction of sp³-hybridized carbons (Fsp3) is 1.00. The molecule has 1 atom stereocenters. The lowest BCUT2D eigenvalue weighted by molar-refractivity contribution is 0.498. The van der Waals surface area contributed by atoms with Crippen LogP contribution in [0.5, 0.6) is 0 Å². The zero-order chi connectivity index (χ0) is 10.6. The van der Waals surface area contributed by atoms with Gasteiger partial charge in [-0.2, -0.15) is 0 Å². The largest absolute Gasteiger partial charge is 0.318 e. The summed E-state index contributed by atoms with van der Waals surface area (Å²) in [5.41, 5.74) is 0. The fourth-order valence-electron chi connectivity index (χ4n) is 1.63. The smallest absolute Gasteiger partial charge is 0.0164 e. The summed E-state index contributed by atoms with van der Waals surface area (Å²) in [6.45, 7) is 6.74. The maximum Gasteiger partial charge on any atom is 0.0164 e. The van der Waals surface area contributed by atoms with E-state index in [1.54, 1.807) is 0 Å². The summed E-state index contributed by atoms with van der Waals surface area (Å²) < 4.78 is 0. The average molecular weight is 200 g/mol. The van der Waals surface area contributed by atoms with E-state index in [2.05, 4.69) is 24.5 Å². The maximum atomic E-state index is 3.51. The fourth-order valence-corrected chi connectivity index (χ4v) is 1.63. The first-order valence-corrected chi connectivity index (χ1v) is 6.19. The van der Waals surface area contributed by atoms with Crippen molar-refractivity contribution in [1.29, 1.82) is 0 Å². The highest BCUT2D eigenvalue weighted by atomic mass is 15.0. The topological polar surface area (TPSA) is 24.1 Å². The SMILES string of the molecule is CCCCCCCCNC(C)CNC. The number of hydrogen-bond donors (Lipinski definition) is 2. The van der Waals surface area contributed by atoms with Gasteiger partial charge in [0, 0.05) is 12.6 Å². The van der Waals surface area contributed by atoms with E-state index in [1.807, 2.05) is 7.05 Å². The minimum absolute atomic E-state index is 0.607. The van der Waals surface area contributed by atoms with Crippen LogP contribution < -0.4 is 10.6 Å². The molecular weight excluding hydrogens is 172 g/mol. The molecule has 0 aliphatic carbocycles. The summed E-state index contributed by atoms with van der Waals surface area (Å²) in [7, 11) is 2.00. The molecule has 0 amide bonds. The van der Waals surface area contributed by atoms with Crippen molar-refractivity contribution in [3.8, 4) is 0 Å². The van der Waals surface area contributed by atoms with Crippen molar-refractivity contribution < 1.29 is 0 Å². The van der Waals surface area contributed by atoms with E-state index in [0.717, 1.165) is 6.54 Å². The van der Waals surface area contributed by atoms with E-state index >= 15 is 0 Å². The second-order valence-corrected chi connectivity index (χ2v) is 4.18. The third kappa shape index (κ3) is 10.0. The number of rotatable bonds is 10. The predicted octanol–water partition coefficient (Wildman–Crippen LogP) is 2.54. The highest BCUT2D eigenvalue weighted by molar-refractivity contribution is 4.61. The normalized spacial score (nSPS) is 13.1. The van der Waals surface area contributed by atoms with Crippen LogP contribution in [0.1, 0.15) is 52.4 Å². The number of unbranched alkanes of at least 4 members (excludes halogenated alkanes) is 5. The predicted molar refractivity (Wildman–Crippen MR) is 64.8 cm³/mol. The summed E-state index contributed by atoms with van der Waals surface area (Å²) in [4.78, 5) is 0. The molecule has 0 bridgehead atoms. The maximum absolute atomic E-state index is 3.51. The van der Waals surface area contributed by atoms with Gasteiger partial charge in [-0.3, -0.25) is 0 Å². The Hall–Kier alpha value is -0.0800. The highest BCUT2D eigenvalue weighted by Gasteiger charge is 1.97.